The van der Waals surface area contributed by atoms with Gasteiger partial charge in [0, 0.05) is 22.6 Å². The van der Waals surface area contributed by atoms with Gasteiger partial charge in [0.25, 0.3) is 0 Å². The van der Waals surface area contributed by atoms with E-state index in [9.17, 15) is 0 Å². The van der Waals surface area contributed by atoms with E-state index in [0.29, 0.717) is 0 Å². The van der Waals surface area contributed by atoms with E-state index in [1.807, 2.05) is 36.5 Å². The lowest BCUT2D eigenvalue weighted by atomic mass is 10.2. The first-order valence-electron chi connectivity index (χ1n) is 5.73. The minimum absolute atomic E-state index is 0.754. The van der Waals surface area contributed by atoms with Gasteiger partial charge in [0.05, 0.1) is 11.7 Å². The van der Waals surface area contributed by atoms with E-state index >= 15 is 0 Å². The lowest BCUT2D eigenvalue weighted by Gasteiger charge is -2.06. The second-order valence-corrected chi connectivity index (χ2v) is 4.59. The van der Waals surface area contributed by atoms with Gasteiger partial charge in [-0.2, -0.15) is 5.10 Å². The normalized spacial score (nSPS) is 10.7. The van der Waals surface area contributed by atoms with Gasteiger partial charge in [-0.1, -0.05) is 23.7 Å². The van der Waals surface area contributed by atoms with Crippen molar-refractivity contribution >= 4 is 28.2 Å². The average Bonchev–Trinajstić information content (AvgIpc) is 2.84. The Hall–Kier alpha value is -2.00. The highest BCUT2D eigenvalue weighted by Gasteiger charge is 1.98. The van der Waals surface area contributed by atoms with E-state index < -0.39 is 0 Å². The van der Waals surface area contributed by atoms with Crippen LogP contribution in [-0.2, 0) is 6.54 Å². The Kier molecular flexibility index (Phi) is 2.90. The number of aromatic nitrogens is 2. The van der Waals surface area contributed by atoms with E-state index in [1.165, 1.54) is 0 Å². The number of nitrogens with one attached hydrogen (secondary N) is 2. The van der Waals surface area contributed by atoms with Crippen LogP contribution in [0.15, 0.2) is 48.7 Å². The Balaban J connectivity index is 1.76. The number of aromatic amines is 1. The molecule has 0 bridgehead atoms. The van der Waals surface area contributed by atoms with Crippen LogP contribution in [-0.4, -0.2) is 10.2 Å². The molecule has 0 aliphatic rings. The maximum absolute atomic E-state index is 5.95. The number of hydrogen-bond donors (Lipinski definition) is 2. The Morgan fingerprint density at radius 1 is 1.17 bits per heavy atom. The Bertz CT molecular complexity index is 675. The summed E-state index contributed by atoms with van der Waals surface area (Å²) < 4.78 is 0. The van der Waals surface area contributed by atoms with Gasteiger partial charge in [-0.05, 0) is 35.9 Å². The highest BCUT2D eigenvalue weighted by molar-refractivity contribution is 6.30. The van der Waals surface area contributed by atoms with Crippen LogP contribution < -0.4 is 5.32 Å². The summed E-state index contributed by atoms with van der Waals surface area (Å²) in [5, 5.41) is 12.2. The number of benzene rings is 2. The topological polar surface area (TPSA) is 40.7 Å². The summed E-state index contributed by atoms with van der Waals surface area (Å²) in [5.41, 5.74) is 3.28. The third kappa shape index (κ3) is 2.31. The van der Waals surface area contributed by atoms with Gasteiger partial charge in [0.1, 0.15) is 0 Å². The molecule has 0 aliphatic heterocycles. The SMILES string of the molecule is Clc1cccc(CNc2ccc3[nH]ncc3c2)c1. The van der Waals surface area contributed by atoms with Gasteiger partial charge in [-0.25, -0.2) is 0 Å². The van der Waals surface area contributed by atoms with Gasteiger partial charge < -0.3 is 5.32 Å². The van der Waals surface area contributed by atoms with Gasteiger partial charge in [-0.3, -0.25) is 5.10 Å². The summed E-state index contributed by atoms with van der Waals surface area (Å²) in [6.45, 7) is 0.754. The Morgan fingerprint density at radius 3 is 3.00 bits per heavy atom. The molecule has 3 rings (SSSR count). The minimum Gasteiger partial charge on any atom is -0.381 e. The van der Waals surface area contributed by atoms with E-state index in [2.05, 4.69) is 27.6 Å². The number of fused-ring (bicyclic) bond motifs is 1. The molecule has 3 aromatic rings. The third-order valence-corrected chi connectivity index (χ3v) is 3.06. The van der Waals surface area contributed by atoms with Crippen LogP contribution in [0, 0.1) is 0 Å². The molecular weight excluding hydrogens is 246 g/mol. The molecule has 0 fully saturated rings. The average molecular weight is 258 g/mol. The van der Waals surface area contributed by atoms with Crippen LogP contribution in [0.1, 0.15) is 5.56 Å². The summed E-state index contributed by atoms with van der Waals surface area (Å²) in [6.07, 6.45) is 1.82. The van der Waals surface area contributed by atoms with Crippen molar-refractivity contribution in [2.75, 3.05) is 5.32 Å². The predicted octanol–water partition coefficient (Wildman–Crippen LogP) is 3.83. The van der Waals surface area contributed by atoms with Crippen LogP contribution in [0.2, 0.25) is 5.02 Å². The molecule has 3 nitrogen and oxygen atoms in total. The summed E-state index contributed by atoms with van der Waals surface area (Å²) >= 11 is 5.95. The summed E-state index contributed by atoms with van der Waals surface area (Å²) in [6, 6.07) is 14.0. The Morgan fingerprint density at radius 2 is 2.11 bits per heavy atom. The molecule has 0 amide bonds. The van der Waals surface area contributed by atoms with Crippen LogP contribution >= 0.6 is 11.6 Å². The van der Waals surface area contributed by atoms with E-state index in [-0.39, 0.29) is 0 Å². The number of anilines is 1. The lowest BCUT2D eigenvalue weighted by molar-refractivity contribution is 1.12. The third-order valence-electron chi connectivity index (χ3n) is 2.83. The number of nitrogens with zero attached hydrogens (tertiary/aromatic N) is 1. The highest BCUT2D eigenvalue weighted by atomic mass is 35.5. The fraction of sp³-hybridized carbons (Fsp3) is 0.0714. The first-order valence-corrected chi connectivity index (χ1v) is 6.10. The molecular formula is C14H12ClN3. The highest BCUT2D eigenvalue weighted by Crippen LogP contribution is 2.18. The van der Waals surface area contributed by atoms with Crippen molar-refractivity contribution in [1.82, 2.24) is 10.2 Å². The zero-order valence-corrected chi connectivity index (χ0v) is 10.4. The fourth-order valence-electron chi connectivity index (χ4n) is 1.90. The fourth-order valence-corrected chi connectivity index (χ4v) is 2.12. The van der Waals surface area contributed by atoms with Crippen molar-refractivity contribution in [2.24, 2.45) is 0 Å². The molecule has 90 valence electrons. The first-order chi connectivity index (χ1) is 8.81. The monoisotopic (exact) mass is 257 g/mol. The standard InChI is InChI=1S/C14H12ClN3/c15-12-3-1-2-10(6-12)8-16-13-4-5-14-11(7-13)9-17-18-14/h1-7,9,16H,8H2,(H,17,18). The second-order valence-electron chi connectivity index (χ2n) is 4.16. The zero-order valence-electron chi connectivity index (χ0n) is 9.65. The number of halogens is 1. The van der Waals surface area contributed by atoms with Crippen LogP contribution in [0.4, 0.5) is 5.69 Å². The lowest BCUT2D eigenvalue weighted by Crippen LogP contribution is -1.98. The molecule has 1 aromatic heterocycles. The molecule has 2 N–H and O–H groups in total. The molecule has 0 saturated heterocycles. The van der Waals surface area contributed by atoms with Gasteiger partial charge in [0.15, 0.2) is 0 Å². The molecule has 0 unspecified atom stereocenters. The molecule has 0 aliphatic carbocycles. The van der Waals surface area contributed by atoms with Crippen LogP contribution in [0.25, 0.3) is 10.9 Å². The molecule has 0 saturated carbocycles. The summed E-state index contributed by atoms with van der Waals surface area (Å²) in [7, 11) is 0. The maximum atomic E-state index is 5.95. The first kappa shape index (κ1) is 11.1. The van der Waals surface area contributed by atoms with Gasteiger partial charge >= 0.3 is 0 Å². The van der Waals surface area contributed by atoms with Crippen molar-refractivity contribution in [2.45, 2.75) is 6.54 Å². The molecule has 18 heavy (non-hydrogen) atoms. The Labute approximate surface area is 110 Å². The summed E-state index contributed by atoms with van der Waals surface area (Å²) in [4.78, 5) is 0. The smallest absolute Gasteiger partial charge is 0.0651 e. The van der Waals surface area contributed by atoms with Crippen molar-refractivity contribution in [3.05, 3.63) is 59.2 Å². The molecule has 0 radical (unpaired) electrons. The van der Waals surface area contributed by atoms with Crippen LogP contribution in [0.5, 0.6) is 0 Å². The molecule has 0 atom stereocenters. The molecule has 0 spiro atoms. The van der Waals surface area contributed by atoms with Gasteiger partial charge in [0.2, 0.25) is 0 Å². The number of hydrogen-bond acceptors (Lipinski definition) is 2. The van der Waals surface area contributed by atoms with Crippen molar-refractivity contribution in [1.29, 1.82) is 0 Å². The van der Waals surface area contributed by atoms with Gasteiger partial charge in [-0.15, -0.1) is 0 Å². The predicted molar refractivity (Wildman–Crippen MR) is 74.9 cm³/mol. The van der Waals surface area contributed by atoms with Crippen LogP contribution in [0.3, 0.4) is 0 Å². The van der Waals surface area contributed by atoms with E-state index in [1.54, 1.807) is 0 Å². The number of rotatable bonds is 3. The van der Waals surface area contributed by atoms with Crippen molar-refractivity contribution < 1.29 is 0 Å². The quantitative estimate of drug-likeness (QED) is 0.749. The second kappa shape index (κ2) is 4.70. The van der Waals surface area contributed by atoms with Crippen molar-refractivity contribution in [3.8, 4) is 0 Å². The minimum atomic E-state index is 0.754. The molecule has 4 heteroatoms. The maximum Gasteiger partial charge on any atom is 0.0651 e. The van der Waals surface area contributed by atoms with E-state index in [0.717, 1.165) is 33.7 Å². The summed E-state index contributed by atoms with van der Waals surface area (Å²) in [5.74, 6) is 0. The van der Waals surface area contributed by atoms with E-state index in [4.69, 9.17) is 11.6 Å². The largest absolute Gasteiger partial charge is 0.381 e. The number of H-pyrrole nitrogens is 1. The molecule has 1 heterocycles. The zero-order chi connectivity index (χ0) is 12.4. The van der Waals surface area contributed by atoms with Crippen molar-refractivity contribution in [3.63, 3.8) is 0 Å². The molecule has 2 aromatic carbocycles.